The van der Waals surface area contributed by atoms with E-state index in [1.807, 2.05) is 0 Å². The van der Waals surface area contributed by atoms with E-state index in [4.69, 9.17) is 24.1 Å². The number of ether oxygens (including phenoxy) is 4. The van der Waals surface area contributed by atoms with Crippen molar-refractivity contribution in [2.75, 3.05) is 65.9 Å². The lowest BCUT2D eigenvalue weighted by Crippen LogP contribution is -2.49. The molecule has 0 unspecified atom stereocenters. The zero-order valence-electron chi connectivity index (χ0n) is 34.4. The minimum atomic E-state index is -1.17. The summed E-state index contributed by atoms with van der Waals surface area (Å²) in [5, 5.41) is 27.1. The van der Waals surface area contributed by atoms with Crippen LogP contribution in [0.15, 0.2) is 0 Å². The fraction of sp³-hybridized carbons (Fsp3) is 0.850. The molecule has 0 fully saturated rings. The van der Waals surface area contributed by atoms with Gasteiger partial charge >= 0.3 is 11.9 Å². The van der Waals surface area contributed by atoms with Crippen LogP contribution in [0.2, 0.25) is 0 Å². The number of Topliss-reactive ketones (excluding diaryl/α,β-unsaturated/α-hetero) is 3. The van der Waals surface area contributed by atoms with Crippen LogP contribution in [-0.2, 0) is 47.7 Å². The second kappa shape index (κ2) is 32.3. The third kappa shape index (κ3) is 31.0. The van der Waals surface area contributed by atoms with Gasteiger partial charge in [0.1, 0.15) is 19.3 Å². The number of hydrogen-bond donors (Lipinski definition) is 5. The topological polar surface area (TPSA) is 216 Å². The molecule has 15 nitrogen and oxygen atoms in total. The van der Waals surface area contributed by atoms with Gasteiger partial charge in [0.2, 0.25) is 5.91 Å². The van der Waals surface area contributed by atoms with Gasteiger partial charge in [-0.2, -0.15) is 0 Å². The van der Waals surface area contributed by atoms with E-state index in [0.717, 1.165) is 51.4 Å². The van der Waals surface area contributed by atoms with Crippen molar-refractivity contribution in [2.45, 2.75) is 154 Å². The molecule has 55 heavy (non-hydrogen) atoms. The number of carbonyl (C=O) groups is 6. The fourth-order valence-electron chi connectivity index (χ4n) is 5.51. The van der Waals surface area contributed by atoms with E-state index in [0.29, 0.717) is 45.9 Å². The average Bonchev–Trinajstić information content (AvgIpc) is 3.11. The van der Waals surface area contributed by atoms with Crippen molar-refractivity contribution in [1.82, 2.24) is 16.0 Å². The van der Waals surface area contributed by atoms with Crippen molar-refractivity contribution in [1.29, 1.82) is 0 Å². The van der Waals surface area contributed by atoms with E-state index < -0.39 is 29.1 Å². The Balaban J connectivity index is 4.02. The van der Waals surface area contributed by atoms with Gasteiger partial charge in [-0.3, -0.25) is 24.0 Å². The zero-order chi connectivity index (χ0) is 41.4. The quantitative estimate of drug-likeness (QED) is 0.0544. The summed E-state index contributed by atoms with van der Waals surface area (Å²) in [5.74, 6) is -2.55. The highest BCUT2D eigenvalue weighted by molar-refractivity contribution is 5.89. The summed E-state index contributed by atoms with van der Waals surface area (Å²) in [6.07, 6.45) is 12.9. The molecule has 0 aromatic heterocycles. The first-order valence-electron chi connectivity index (χ1n) is 20.2. The summed E-state index contributed by atoms with van der Waals surface area (Å²) >= 11 is 0. The molecule has 5 N–H and O–H groups in total. The van der Waals surface area contributed by atoms with E-state index in [-0.39, 0.29) is 75.4 Å². The normalized spacial score (nSPS) is 12.4. The Morgan fingerprint density at radius 1 is 0.527 bits per heavy atom. The molecular weight excluding hydrogens is 714 g/mol. The van der Waals surface area contributed by atoms with Crippen LogP contribution in [0.4, 0.5) is 0 Å². The average molecular weight is 788 g/mol. The van der Waals surface area contributed by atoms with Crippen LogP contribution < -0.4 is 16.0 Å². The Morgan fingerprint density at radius 2 is 0.945 bits per heavy atom. The van der Waals surface area contributed by atoms with Gasteiger partial charge in [-0.1, -0.05) is 64.2 Å². The molecule has 0 radical (unpaired) electrons. The Hall–Kier alpha value is -2.82. The van der Waals surface area contributed by atoms with E-state index in [1.165, 1.54) is 26.2 Å². The molecule has 0 aliphatic heterocycles. The molecule has 320 valence electrons. The summed E-state index contributed by atoms with van der Waals surface area (Å²) in [5.41, 5.74) is -1.72. The standard InChI is InChI=1S/C40H73N3O12/c1-32(44)30-54-28-26-52-25-23-42-40(4,5)35(46)31-55-29-27-53-24-22-41-39(2,3)34(45)21-20-33(38(50)51)43-36(47)18-16-14-12-10-8-6-7-9-11-13-15-17-19-37(48)49/h33,41-42H,6-31H2,1-5H3,(H,43,47)(H,48,49)(H,50,51)/t33-/m0/s1. The number of hydrogen-bond acceptors (Lipinski definition) is 12. The van der Waals surface area contributed by atoms with Gasteiger partial charge in [-0.05, 0) is 53.9 Å². The molecule has 0 bridgehead atoms. The highest BCUT2D eigenvalue weighted by atomic mass is 16.5. The van der Waals surface area contributed by atoms with Crippen molar-refractivity contribution in [3.8, 4) is 0 Å². The zero-order valence-corrected chi connectivity index (χ0v) is 34.4. The smallest absolute Gasteiger partial charge is 0.326 e. The molecule has 0 aliphatic carbocycles. The molecule has 1 amide bonds. The number of carbonyl (C=O) groups excluding carboxylic acids is 4. The third-order valence-corrected chi connectivity index (χ3v) is 9.14. The fourth-order valence-corrected chi connectivity index (χ4v) is 5.51. The number of nitrogens with one attached hydrogen (secondary N) is 3. The minimum Gasteiger partial charge on any atom is -0.481 e. The molecule has 0 heterocycles. The third-order valence-electron chi connectivity index (χ3n) is 9.14. The maximum Gasteiger partial charge on any atom is 0.326 e. The number of ketones is 3. The summed E-state index contributed by atoms with van der Waals surface area (Å²) in [4.78, 5) is 71.0. The number of rotatable bonds is 40. The SMILES string of the molecule is CC(=O)COCCOCCNC(C)(C)C(=O)COCCOCCNC(C)(C)C(=O)CC[C@H](NC(=O)CCCCCCCCCCCCCCC(=O)O)C(=O)O. The summed E-state index contributed by atoms with van der Waals surface area (Å²) < 4.78 is 21.6. The summed E-state index contributed by atoms with van der Waals surface area (Å²) in [7, 11) is 0. The number of amides is 1. The van der Waals surface area contributed by atoms with Crippen LogP contribution in [0.25, 0.3) is 0 Å². The molecule has 0 saturated carbocycles. The molecular formula is C40H73N3O12. The lowest BCUT2D eigenvalue weighted by atomic mass is 9.94. The van der Waals surface area contributed by atoms with Gasteiger partial charge in [0, 0.05) is 32.4 Å². The number of unbranched alkanes of at least 4 members (excludes halogenated alkanes) is 11. The van der Waals surface area contributed by atoms with E-state index in [1.54, 1.807) is 27.7 Å². The number of carboxylic acid groups (broad SMARTS) is 2. The van der Waals surface area contributed by atoms with E-state index in [9.17, 15) is 33.9 Å². The first-order chi connectivity index (χ1) is 26.1. The molecule has 0 saturated heterocycles. The number of aliphatic carboxylic acids is 2. The van der Waals surface area contributed by atoms with Gasteiger partial charge < -0.3 is 45.1 Å². The first kappa shape index (κ1) is 52.2. The molecule has 15 heteroatoms. The molecule has 0 spiro atoms. The number of carboxylic acids is 2. The van der Waals surface area contributed by atoms with E-state index >= 15 is 0 Å². The van der Waals surface area contributed by atoms with Crippen molar-refractivity contribution in [2.24, 2.45) is 0 Å². The van der Waals surface area contributed by atoms with E-state index in [2.05, 4.69) is 16.0 Å². The Bertz CT molecular complexity index is 1100. The molecule has 0 aromatic rings. The molecule has 0 rings (SSSR count). The van der Waals surface area contributed by atoms with Crippen molar-refractivity contribution in [3.05, 3.63) is 0 Å². The van der Waals surface area contributed by atoms with Crippen molar-refractivity contribution in [3.63, 3.8) is 0 Å². The maximum absolute atomic E-state index is 12.9. The summed E-state index contributed by atoms with van der Waals surface area (Å²) in [6, 6.07) is -1.13. The lowest BCUT2D eigenvalue weighted by molar-refractivity contribution is -0.142. The van der Waals surface area contributed by atoms with Gasteiger partial charge in [-0.15, -0.1) is 0 Å². The summed E-state index contributed by atoms with van der Waals surface area (Å²) in [6.45, 7) is 11.1. The van der Waals surface area contributed by atoms with Crippen molar-refractivity contribution < 1.29 is 57.9 Å². The maximum atomic E-state index is 12.9. The largest absolute Gasteiger partial charge is 0.481 e. The second-order valence-electron chi connectivity index (χ2n) is 15.1. The first-order valence-corrected chi connectivity index (χ1v) is 20.2. The van der Waals surface area contributed by atoms with Gasteiger partial charge in [0.15, 0.2) is 17.3 Å². The minimum absolute atomic E-state index is 0.00136. The predicted octanol–water partition coefficient (Wildman–Crippen LogP) is 4.41. The van der Waals surface area contributed by atoms with Crippen LogP contribution >= 0.6 is 0 Å². The predicted molar refractivity (Wildman–Crippen MR) is 209 cm³/mol. The monoisotopic (exact) mass is 788 g/mol. The lowest BCUT2D eigenvalue weighted by Gasteiger charge is -2.26. The molecule has 0 aromatic carbocycles. The van der Waals surface area contributed by atoms with Crippen LogP contribution in [0.1, 0.15) is 137 Å². The van der Waals surface area contributed by atoms with Gasteiger partial charge in [0.25, 0.3) is 0 Å². The molecule has 1 atom stereocenters. The Kier molecular flexibility index (Phi) is 30.6. The Morgan fingerprint density at radius 3 is 1.40 bits per heavy atom. The second-order valence-corrected chi connectivity index (χ2v) is 15.1. The van der Waals surface area contributed by atoms with Gasteiger partial charge in [0.05, 0.1) is 50.7 Å². The Labute approximate surface area is 329 Å². The highest BCUT2D eigenvalue weighted by Gasteiger charge is 2.29. The van der Waals surface area contributed by atoms with Crippen LogP contribution in [0.3, 0.4) is 0 Å². The van der Waals surface area contributed by atoms with Gasteiger partial charge in [-0.25, -0.2) is 4.79 Å². The van der Waals surface area contributed by atoms with Crippen LogP contribution in [-0.4, -0.2) is 128 Å². The van der Waals surface area contributed by atoms with Crippen molar-refractivity contribution >= 4 is 35.2 Å². The molecule has 0 aliphatic rings. The highest BCUT2D eigenvalue weighted by Crippen LogP contribution is 2.14. The van der Waals surface area contributed by atoms with Crippen LogP contribution in [0.5, 0.6) is 0 Å². The van der Waals surface area contributed by atoms with Crippen LogP contribution in [0, 0.1) is 0 Å².